The van der Waals surface area contributed by atoms with Gasteiger partial charge in [0.05, 0.1) is 22.1 Å². The van der Waals surface area contributed by atoms with E-state index in [1.807, 2.05) is 62.5 Å². The summed E-state index contributed by atoms with van der Waals surface area (Å²) in [5.41, 5.74) is 6.03. The molecule has 0 aromatic carbocycles. The highest BCUT2D eigenvalue weighted by Crippen LogP contribution is 2.08. The number of hydrogen-bond donors (Lipinski definition) is 0. The fraction of sp³-hybridized carbons (Fsp3) is 0.111. The Labute approximate surface area is 128 Å². The van der Waals surface area contributed by atoms with Crippen molar-refractivity contribution in [1.29, 1.82) is 0 Å². The summed E-state index contributed by atoms with van der Waals surface area (Å²) < 4.78 is 0. The Morgan fingerprint density at radius 3 is 2.18 bits per heavy atom. The molecule has 22 heavy (non-hydrogen) atoms. The van der Waals surface area contributed by atoms with Crippen LogP contribution < -0.4 is 0 Å². The monoisotopic (exact) mass is 288 g/mol. The molecule has 0 amide bonds. The summed E-state index contributed by atoms with van der Waals surface area (Å²) in [6.45, 7) is 3.99. The molecule has 0 aliphatic carbocycles. The van der Waals surface area contributed by atoms with Crippen molar-refractivity contribution < 1.29 is 0 Å². The van der Waals surface area contributed by atoms with Gasteiger partial charge in [-0.15, -0.1) is 0 Å². The van der Waals surface area contributed by atoms with Gasteiger partial charge in [-0.25, -0.2) is 0 Å². The minimum atomic E-state index is 0.957. The van der Waals surface area contributed by atoms with Gasteiger partial charge in [-0.05, 0) is 61.9 Å². The van der Waals surface area contributed by atoms with Crippen molar-refractivity contribution >= 4 is 22.1 Å². The first-order valence-corrected chi connectivity index (χ1v) is 7.08. The molecule has 4 aromatic rings. The van der Waals surface area contributed by atoms with Crippen LogP contribution in [0.3, 0.4) is 0 Å². The summed E-state index contributed by atoms with van der Waals surface area (Å²) in [7, 11) is 0. The SMILES string of the molecule is Cc1ccc2ncccc2n1.Cc1cnc2cccnc2c1. The first kappa shape index (κ1) is 14.1. The van der Waals surface area contributed by atoms with E-state index >= 15 is 0 Å². The maximum absolute atomic E-state index is 4.31. The summed E-state index contributed by atoms with van der Waals surface area (Å²) in [4.78, 5) is 16.9. The molecular weight excluding hydrogens is 272 g/mol. The van der Waals surface area contributed by atoms with E-state index in [1.165, 1.54) is 0 Å². The van der Waals surface area contributed by atoms with Crippen molar-refractivity contribution in [3.05, 3.63) is 72.3 Å². The molecule has 0 spiro atoms. The predicted octanol–water partition coefficient (Wildman–Crippen LogP) is 3.88. The van der Waals surface area contributed by atoms with Crippen LogP contribution in [0.25, 0.3) is 22.1 Å². The first-order chi connectivity index (χ1) is 10.7. The second kappa shape index (κ2) is 6.26. The lowest BCUT2D eigenvalue weighted by molar-refractivity contribution is 1.24. The van der Waals surface area contributed by atoms with Crippen molar-refractivity contribution in [1.82, 2.24) is 19.9 Å². The Bertz CT molecular complexity index is 841. The predicted molar refractivity (Wildman–Crippen MR) is 88.6 cm³/mol. The van der Waals surface area contributed by atoms with E-state index in [0.717, 1.165) is 33.3 Å². The third-order valence-electron chi connectivity index (χ3n) is 3.18. The number of fused-ring (bicyclic) bond motifs is 2. The normalized spacial score (nSPS) is 10.3. The Balaban J connectivity index is 0.000000131. The van der Waals surface area contributed by atoms with Crippen LogP contribution in [-0.4, -0.2) is 19.9 Å². The molecule has 0 N–H and O–H groups in total. The first-order valence-electron chi connectivity index (χ1n) is 7.08. The Morgan fingerprint density at radius 1 is 0.682 bits per heavy atom. The van der Waals surface area contributed by atoms with Crippen LogP contribution in [0.2, 0.25) is 0 Å². The molecule has 4 heteroatoms. The maximum atomic E-state index is 4.31. The van der Waals surface area contributed by atoms with Gasteiger partial charge in [0.15, 0.2) is 0 Å². The summed E-state index contributed by atoms with van der Waals surface area (Å²) >= 11 is 0. The molecule has 0 aliphatic rings. The van der Waals surface area contributed by atoms with E-state index in [9.17, 15) is 0 Å². The third kappa shape index (κ3) is 3.23. The lowest BCUT2D eigenvalue weighted by atomic mass is 10.2. The summed E-state index contributed by atoms with van der Waals surface area (Å²) in [5, 5.41) is 0. The van der Waals surface area contributed by atoms with E-state index in [2.05, 4.69) is 19.9 Å². The van der Waals surface area contributed by atoms with Gasteiger partial charge in [0, 0.05) is 24.3 Å². The van der Waals surface area contributed by atoms with Crippen LogP contribution in [0.1, 0.15) is 11.3 Å². The Kier molecular flexibility index (Phi) is 4.01. The molecule has 108 valence electrons. The van der Waals surface area contributed by atoms with Gasteiger partial charge >= 0.3 is 0 Å². The van der Waals surface area contributed by atoms with E-state index in [4.69, 9.17) is 0 Å². The lowest BCUT2D eigenvalue weighted by Crippen LogP contribution is -1.83. The molecule has 0 saturated heterocycles. The van der Waals surface area contributed by atoms with E-state index in [0.29, 0.717) is 0 Å². The van der Waals surface area contributed by atoms with Gasteiger partial charge in [0.25, 0.3) is 0 Å². The lowest BCUT2D eigenvalue weighted by Gasteiger charge is -1.95. The maximum Gasteiger partial charge on any atom is 0.0889 e. The molecule has 4 rings (SSSR count). The van der Waals surface area contributed by atoms with E-state index in [1.54, 1.807) is 12.4 Å². The van der Waals surface area contributed by atoms with Crippen LogP contribution in [-0.2, 0) is 0 Å². The average molecular weight is 288 g/mol. The minimum absolute atomic E-state index is 0.957. The second-order valence-electron chi connectivity index (χ2n) is 5.05. The molecule has 0 unspecified atom stereocenters. The zero-order chi connectivity index (χ0) is 15.4. The zero-order valence-corrected chi connectivity index (χ0v) is 12.6. The fourth-order valence-electron chi connectivity index (χ4n) is 2.11. The van der Waals surface area contributed by atoms with Crippen LogP contribution in [0, 0.1) is 13.8 Å². The molecule has 0 aliphatic heterocycles. The third-order valence-corrected chi connectivity index (χ3v) is 3.18. The standard InChI is InChI=1S/2C9H8N2/c1-7-4-5-8-9(11-7)3-2-6-10-8;1-7-5-9-8(11-6-7)3-2-4-10-9/h2*2-6H,1H3. The highest BCUT2D eigenvalue weighted by Gasteiger charge is 1.93. The summed E-state index contributed by atoms with van der Waals surface area (Å²) in [6, 6.07) is 13.7. The Morgan fingerprint density at radius 2 is 1.36 bits per heavy atom. The minimum Gasteiger partial charge on any atom is -0.255 e. The van der Waals surface area contributed by atoms with Crippen molar-refractivity contribution in [3.8, 4) is 0 Å². The zero-order valence-electron chi connectivity index (χ0n) is 12.6. The van der Waals surface area contributed by atoms with Crippen LogP contribution in [0.4, 0.5) is 0 Å². The van der Waals surface area contributed by atoms with Crippen molar-refractivity contribution in [3.63, 3.8) is 0 Å². The van der Waals surface area contributed by atoms with Crippen molar-refractivity contribution in [2.24, 2.45) is 0 Å². The number of aryl methyl sites for hydroxylation is 2. The second-order valence-corrected chi connectivity index (χ2v) is 5.05. The quantitative estimate of drug-likeness (QED) is 0.493. The number of pyridine rings is 4. The number of rotatable bonds is 0. The number of aromatic nitrogens is 4. The van der Waals surface area contributed by atoms with Gasteiger partial charge < -0.3 is 0 Å². The van der Waals surface area contributed by atoms with E-state index in [-0.39, 0.29) is 0 Å². The van der Waals surface area contributed by atoms with Gasteiger partial charge in [-0.2, -0.15) is 0 Å². The molecule has 4 nitrogen and oxygen atoms in total. The van der Waals surface area contributed by atoms with Crippen LogP contribution in [0.15, 0.2) is 61.1 Å². The molecule has 0 atom stereocenters. The van der Waals surface area contributed by atoms with Gasteiger partial charge in [0.1, 0.15) is 0 Å². The molecular formula is C18H16N4. The van der Waals surface area contributed by atoms with Crippen LogP contribution >= 0.6 is 0 Å². The van der Waals surface area contributed by atoms with Gasteiger partial charge in [-0.1, -0.05) is 0 Å². The number of hydrogen-bond acceptors (Lipinski definition) is 4. The molecule has 0 saturated carbocycles. The molecule has 4 aromatic heterocycles. The number of nitrogens with zero attached hydrogens (tertiary/aromatic N) is 4. The molecule has 0 fully saturated rings. The highest BCUT2D eigenvalue weighted by atomic mass is 14.7. The molecule has 0 radical (unpaired) electrons. The van der Waals surface area contributed by atoms with Gasteiger partial charge in [-0.3, -0.25) is 19.9 Å². The Hall–Kier alpha value is -2.88. The van der Waals surface area contributed by atoms with Crippen molar-refractivity contribution in [2.75, 3.05) is 0 Å². The van der Waals surface area contributed by atoms with Crippen molar-refractivity contribution in [2.45, 2.75) is 13.8 Å². The average Bonchev–Trinajstić information content (AvgIpc) is 2.55. The highest BCUT2D eigenvalue weighted by molar-refractivity contribution is 5.74. The largest absolute Gasteiger partial charge is 0.255 e. The molecule has 0 bridgehead atoms. The smallest absolute Gasteiger partial charge is 0.0889 e. The topological polar surface area (TPSA) is 51.6 Å². The fourth-order valence-corrected chi connectivity index (χ4v) is 2.11. The molecule has 4 heterocycles. The summed E-state index contributed by atoms with van der Waals surface area (Å²) in [6.07, 6.45) is 5.41. The van der Waals surface area contributed by atoms with Crippen LogP contribution in [0.5, 0.6) is 0 Å². The van der Waals surface area contributed by atoms with Gasteiger partial charge in [0.2, 0.25) is 0 Å². The summed E-state index contributed by atoms with van der Waals surface area (Å²) in [5.74, 6) is 0. The van der Waals surface area contributed by atoms with E-state index < -0.39 is 0 Å².